The molecule has 4 atom stereocenters. The molecule has 1 heterocycles. The Hall–Kier alpha value is -1.16. The summed E-state index contributed by atoms with van der Waals surface area (Å²) in [6, 6.07) is 0. The van der Waals surface area contributed by atoms with Crippen molar-refractivity contribution < 1.29 is 19.4 Å². The van der Waals surface area contributed by atoms with Crippen LogP contribution in [0.15, 0.2) is 12.2 Å². The van der Waals surface area contributed by atoms with Crippen molar-refractivity contribution in [1.29, 1.82) is 0 Å². The third-order valence-electron chi connectivity index (χ3n) is 5.09. The molecule has 0 radical (unpaired) electrons. The SMILES string of the molecule is CC1C/C=C\CCOC(=O)CC(O)C(C)(C)C(=O)C(C)CC(C)C1. The van der Waals surface area contributed by atoms with Crippen molar-refractivity contribution in [3.8, 4) is 0 Å². The number of rotatable bonds is 0. The topological polar surface area (TPSA) is 63.6 Å². The van der Waals surface area contributed by atoms with E-state index in [0.29, 0.717) is 24.9 Å². The van der Waals surface area contributed by atoms with E-state index >= 15 is 0 Å². The largest absolute Gasteiger partial charge is 0.465 e. The molecule has 0 fully saturated rings. The van der Waals surface area contributed by atoms with Gasteiger partial charge in [0.05, 0.1) is 24.5 Å². The van der Waals surface area contributed by atoms with Crippen molar-refractivity contribution in [2.75, 3.05) is 6.61 Å². The fraction of sp³-hybridized carbons (Fsp3) is 0.800. The summed E-state index contributed by atoms with van der Waals surface area (Å²) in [5.74, 6) is 0.467. The second-order valence-corrected chi connectivity index (χ2v) is 8.10. The first kappa shape index (κ1) is 20.9. The van der Waals surface area contributed by atoms with E-state index in [2.05, 4.69) is 19.9 Å². The summed E-state index contributed by atoms with van der Waals surface area (Å²) >= 11 is 0. The van der Waals surface area contributed by atoms with Gasteiger partial charge in [0.2, 0.25) is 0 Å². The Labute approximate surface area is 146 Å². The van der Waals surface area contributed by atoms with Gasteiger partial charge in [-0.1, -0.05) is 46.8 Å². The highest BCUT2D eigenvalue weighted by Crippen LogP contribution is 2.32. The standard InChI is InChI=1S/C20H34O4/c1-14-9-7-6-8-10-24-18(22)13-17(21)20(4,5)19(23)16(3)12-15(2)11-14/h6-7,14-17,21H,8-13H2,1-5H3/b7-6-. The lowest BCUT2D eigenvalue weighted by atomic mass is 9.73. The van der Waals surface area contributed by atoms with Crippen LogP contribution in [0.2, 0.25) is 0 Å². The summed E-state index contributed by atoms with van der Waals surface area (Å²) in [5, 5.41) is 10.4. The van der Waals surface area contributed by atoms with E-state index in [1.807, 2.05) is 13.0 Å². The van der Waals surface area contributed by atoms with Crippen molar-refractivity contribution in [1.82, 2.24) is 0 Å². The van der Waals surface area contributed by atoms with Gasteiger partial charge in [-0.25, -0.2) is 0 Å². The van der Waals surface area contributed by atoms with Crippen molar-refractivity contribution in [3.05, 3.63) is 12.2 Å². The number of ether oxygens (including phenoxy) is 1. The molecule has 0 aromatic carbocycles. The van der Waals surface area contributed by atoms with Crippen molar-refractivity contribution in [3.63, 3.8) is 0 Å². The summed E-state index contributed by atoms with van der Waals surface area (Å²) in [6.07, 6.45) is 6.62. The fourth-order valence-electron chi connectivity index (χ4n) is 3.55. The van der Waals surface area contributed by atoms with Gasteiger partial charge in [-0.3, -0.25) is 9.59 Å². The Morgan fingerprint density at radius 1 is 1.08 bits per heavy atom. The van der Waals surface area contributed by atoms with Crippen LogP contribution in [0.3, 0.4) is 0 Å². The average molecular weight is 338 g/mol. The highest BCUT2D eigenvalue weighted by Gasteiger charge is 2.39. The number of ketones is 1. The first-order valence-corrected chi connectivity index (χ1v) is 9.17. The normalized spacial score (nSPS) is 35.2. The first-order chi connectivity index (χ1) is 11.1. The fourth-order valence-corrected chi connectivity index (χ4v) is 3.55. The summed E-state index contributed by atoms with van der Waals surface area (Å²) in [7, 11) is 0. The second-order valence-electron chi connectivity index (χ2n) is 8.10. The predicted molar refractivity (Wildman–Crippen MR) is 95.5 cm³/mol. The number of carbonyl (C=O) groups is 2. The molecule has 0 aliphatic carbocycles. The highest BCUT2D eigenvalue weighted by molar-refractivity contribution is 5.87. The maximum atomic E-state index is 12.8. The number of Topliss-reactive ketones (excluding diaryl/α,β-unsaturated/α-hetero) is 1. The minimum Gasteiger partial charge on any atom is -0.465 e. The van der Waals surface area contributed by atoms with Gasteiger partial charge >= 0.3 is 5.97 Å². The number of esters is 1. The molecule has 0 aromatic rings. The molecule has 4 heteroatoms. The monoisotopic (exact) mass is 338 g/mol. The van der Waals surface area contributed by atoms with Gasteiger partial charge < -0.3 is 9.84 Å². The summed E-state index contributed by atoms with van der Waals surface area (Å²) < 4.78 is 5.15. The van der Waals surface area contributed by atoms with E-state index in [4.69, 9.17) is 4.74 Å². The van der Waals surface area contributed by atoms with Gasteiger partial charge in [-0.15, -0.1) is 0 Å². The van der Waals surface area contributed by atoms with Gasteiger partial charge in [0.15, 0.2) is 0 Å². The van der Waals surface area contributed by atoms with Gasteiger partial charge in [0.25, 0.3) is 0 Å². The van der Waals surface area contributed by atoms with Crippen LogP contribution >= 0.6 is 0 Å². The molecule has 1 N–H and O–H groups in total. The molecule has 1 rings (SSSR count). The number of allylic oxidation sites excluding steroid dienone is 1. The van der Waals surface area contributed by atoms with Gasteiger partial charge in [-0.05, 0) is 37.5 Å². The zero-order chi connectivity index (χ0) is 18.3. The Bertz CT molecular complexity index is 453. The Kier molecular flexibility index (Phi) is 8.14. The van der Waals surface area contributed by atoms with E-state index in [1.165, 1.54) is 0 Å². The quantitative estimate of drug-likeness (QED) is 0.537. The molecule has 1 aliphatic heterocycles. The predicted octanol–water partition coefficient (Wildman–Crippen LogP) is 3.91. The van der Waals surface area contributed by atoms with Crippen LogP contribution in [0.1, 0.15) is 66.7 Å². The summed E-state index contributed by atoms with van der Waals surface area (Å²) in [5.41, 5.74) is -0.944. The van der Waals surface area contributed by atoms with Crippen LogP contribution in [0.4, 0.5) is 0 Å². The van der Waals surface area contributed by atoms with Crippen molar-refractivity contribution in [2.24, 2.45) is 23.2 Å². The molecule has 0 saturated carbocycles. The third-order valence-corrected chi connectivity index (χ3v) is 5.09. The highest BCUT2D eigenvalue weighted by atomic mass is 16.5. The minimum atomic E-state index is -1.02. The summed E-state index contributed by atoms with van der Waals surface area (Å²) in [6.45, 7) is 10.1. The molecule has 4 unspecified atom stereocenters. The molecule has 0 bridgehead atoms. The van der Waals surface area contributed by atoms with E-state index in [-0.39, 0.29) is 18.1 Å². The number of carbonyl (C=O) groups excluding carboxylic acids is 2. The lowest BCUT2D eigenvalue weighted by molar-refractivity contribution is -0.150. The number of hydrogen-bond acceptors (Lipinski definition) is 4. The van der Waals surface area contributed by atoms with E-state index in [1.54, 1.807) is 13.8 Å². The zero-order valence-corrected chi connectivity index (χ0v) is 15.9. The Morgan fingerprint density at radius 2 is 1.75 bits per heavy atom. The minimum absolute atomic E-state index is 0.0225. The third kappa shape index (κ3) is 6.39. The van der Waals surface area contributed by atoms with E-state index in [9.17, 15) is 14.7 Å². The van der Waals surface area contributed by atoms with Crippen molar-refractivity contribution >= 4 is 11.8 Å². The van der Waals surface area contributed by atoms with Crippen LogP contribution < -0.4 is 0 Å². The van der Waals surface area contributed by atoms with Crippen LogP contribution in [0.5, 0.6) is 0 Å². The maximum Gasteiger partial charge on any atom is 0.308 e. The molecule has 0 amide bonds. The molecule has 24 heavy (non-hydrogen) atoms. The van der Waals surface area contributed by atoms with Crippen LogP contribution in [-0.4, -0.2) is 29.6 Å². The Morgan fingerprint density at radius 3 is 2.42 bits per heavy atom. The van der Waals surface area contributed by atoms with Gasteiger partial charge in [0, 0.05) is 5.92 Å². The number of aliphatic hydroxyl groups is 1. The molecule has 1 aliphatic rings. The zero-order valence-electron chi connectivity index (χ0n) is 15.9. The van der Waals surface area contributed by atoms with E-state index in [0.717, 1.165) is 19.3 Å². The average Bonchev–Trinajstić information content (AvgIpc) is 2.48. The molecular formula is C20H34O4. The molecule has 138 valence electrons. The molecule has 0 saturated heterocycles. The van der Waals surface area contributed by atoms with Crippen molar-refractivity contribution in [2.45, 2.75) is 72.8 Å². The van der Waals surface area contributed by atoms with Crippen LogP contribution in [0, 0.1) is 23.2 Å². The molecule has 0 aromatic heterocycles. The number of aliphatic hydroxyl groups excluding tert-OH is 1. The van der Waals surface area contributed by atoms with Crippen LogP contribution in [-0.2, 0) is 14.3 Å². The molecule has 4 nitrogen and oxygen atoms in total. The maximum absolute atomic E-state index is 12.8. The molecular weight excluding hydrogens is 304 g/mol. The first-order valence-electron chi connectivity index (χ1n) is 9.17. The van der Waals surface area contributed by atoms with E-state index < -0.39 is 17.5 Å². The Balaban J connectivity index is 2.88. The number of hydrogen-bond donors (Lipinski definition) is 1. The van der Waals surface area contributed by atoms with Gasteiger partial charge in [-0.2, -0.15) is 0 Å². The molecule has 0 spiro atoms. The number of cyclic esters (lactones) is 1. The van der Waals surface area contributed by atoms with Gasteiger partial charge in [0.1, 0.15) is 5.78 Å². The second kappa shape index (κ2) is 9.36. The summed E-state index contributed by atoms with van der Waals surface area (Å²) in [4.78, 5) is 24.6. The lowest BCUT2D eigenvalue weighted by Crippen LogP contribution is -2.42. The smallest absolute Gasteiger partial charge is 0.308 e. The van der Waals surface area contributed by atoms with Crippen LogP contribution in [0.25, 0.3) is 0 Å². The lowest BCUT2D eigenvalue weighted by Gasteiger charge is -2.32.